The van der Waals surface area contributed by atoms with E-state index in [4.69, 9.17) is 4.98 Å². The van der Waals surface area contributed by atoms with Crippen molar-refractivity contribution in [3.8, 4) is 11.3 Å². The summed E-state index contributed by atoms with van der Waals surface area (Å²) in [6.07, 6.45) is 5.94. The van der Waals surface area contributed by atoms with Crippen LogP contribution in [0.15, 0.2) is 48.8 Å². The first-order chi connectivity index (χ1) is 11.8. The van der Waals surface area contributed by atoms with Crippen LogP contribution in [0.25, 0.3) is 22.2 Å². The number of fused-ring (bicyclic) bond motifs is 1. The average molecular weight is 319 g/mol. The maximum Gasteiger partial charge on any atom is 0.225 e. The summed E-state index contributed by atoms with van der Waals surface area (Å²) in [5.74, 6) is 0.827. The molecule has 3 heterocycles. The van der Waals surface area contributed by atoms with E-state index < -0.39 is 0 Å². The van der Waals surface area contributed by atoms with E-state index in [0.29, 0.717) is 6.04 Å². The lowest BCUT2D eigenvalue weighted by atomic mass is 10.1. The topological polar surface area (TPSA) is 53.9 Å². The fraction of sp³-hybridized carbons (Fsp3) is 0.316. The highest BCUT2D eigenvalue weighted by Gasteiger charge is 2.19. The number of nitrogens with one attached hydrogen (secondary N) is 1. The maximum atomic E-state index is 4.80. The first-order valence-corrected chi connectivity index (χ1v) is 8.44. The quantitative estimate of drug-likeness (QED) is 0.804. The van der Waals surface area contributed by atoms with Crippen molar-refractivity contribution in [1.29, 1.82) is 0 Å². The summed E-state index contributed by atoms with van der Waals surface area (Å²) in [6.45, 7) is 1.99. The fourth-order valence-electron chi connectivity index (χ4n) is 3.26. The SMILES string of the molecule is CNC1CCN(c2nccc(-c3ccc4ncccc4c3)n2)CC1. The Kier molecular flexibility index (Phi) is 4.09. The molecule has 5 nitrogen and oxygen atoms in total. The van der Waals surface area contributed by atoms with Crippen LogP contribution in [-0.2, 0) is 0 Å². The van der Waals surface area contributed by atoms with Gasteiger partial charge in [-0.25, -0.2) is 9.97 Å². The van der Waals surface area contributed by atoms with Gasteiger partial charge in [-0.15, -0.1) is 0 Å². The van der Waals surface area contributed by atoms with Crippen LogP contribution in [0, 0.1) is 0 Å². The summed E-state index contributed by atoms with van der Waals surface area (Å²) in [7, 11) is 2.03. The van der Waals surface area contributed by atoms with Gasteiger partial charge in [-0.2, -0.15) is 0 Å². The lowest BCUT2D eigenvalue weighted by Gasteiger charge is -2.31. The van der Waals surface area contributed by atoms with E-state index in [1.807, 2.05) is 37.6 Å². The zero-order valence-corrected chi connectivity index (χ0v) is 13.8. The lowest BCUT2D eigenvalue weighted by Crippen LogP contribution is -2.41. The number of aromatic nitrogens is 3. The normalized spacial score (nSPS) is 15.8. The van der Waals surface area contributed by atoms with E-state index >= 15 is 0 Å². The molecule has 1 aromatic carbocycles. The third-order valence-electron chi connectivity index (χ3n) is 4.73. The first-order valence-electron chi connectivity index (χ1n) is 8.44. The summed E-state index contributed by atoms with van der Waals surface area (Å²) in [4.78, 5) is 15.9. The predicted octanol–water partition coefficient (Wildman–Crippen LogP) is 2.88. The zero-order chi connectivity index (χ0) is 16.4. The molecule has 2 aromatic heterocycles. The van der Waals surface area contributed by atoms with Gasteiger partial charge >= 0.3 is 0 Å². The van der Waals surface area contributed by atoms with Crippen molar-refractivity contribution in [3.05, 3.63) is 48.8 Å². The van der Waals surface area contributed by atoms with E-state index in [9.17, 15) is 0 Å². The Balaban J connectivity index is 1.62. The minimum atomic E-state index is 0.609. The Hall–Kier alpha value is -2.53. The standard InChI is InChI=1S/C19H21N5/c1-20-16-7-11-24(12-8-16)19-22-10-6-18(23-19)15-4-5-17-14(13-15)3-2-9-21-17/h2-6,9-10,13,16,20H,7-8,11-12H2,1H3. The molecule has 0 unspecified atom stereocenters. The minimum absolute atomic E-state index is 0.609. The maximum absolute atomic E-state index is 4.80. The molecule has 1 fully saturated rings. The Morgan fingerprint density at radius 3 is 2.75 bits per heavy atom. The number of anilines is 1. The van der Waals surface area contributed by atoms with Crippen molar-refractivity contribution in [2.45, 2.75) is 18.9 Å². The molecular formula is C19H21N5. The molecule has 3 aromatic rings. The van der Waals surface area contributed by atoms with E-state index in [2.05, 4.69) is 38.4 Å². The van der Waals surface area contributed by atoms with Crippen molar-refractivity contribution in [2.24, 2.45) is 0 Å². The largest absolute Gasteiger partial charge is 0.341 e. The van der Waals surface area contributed by atoms with Crippen LogP contribution in [0.1, 0.15) is 12.8 Å². The van der Waals surface area contributed by atoms with Crippen LogP contribution < -0.4 is 10.2 Å². The first kappa shape index (κ1) is 15.0. The van der Waals surface area contributed by atoms with E-state index in [-0.39, 0.29) is 0 Å². The Labute approximate surface area is 141 Å². The van der Waals surface area contributed by atoms with Gasteiger partial charge < -0.3 is 10.2 Å². The summed E-state index contributed by atoms with van der Waals surface area (Å²) < 4.78 is 0. The van der Waals surface area contributed by atoms with Crippen molar-refractivity contribution >= 4 is 16.9 Å². The van der Waals surface area contributed by atoms with E-state index in [1.165, 1.54) is 0 Å². The summed E-state index contributed by atoms with van der Waals surface area (Å²) in [5.41, 5.74) is 3.07. The molecule has 5 heteroatoms. The molecule has 24 heavy (non-hydrogen) atoms. The highest BCUT2D eigenvalue weighted by Crippen LogP contribution is 2.24. The molecule has 0 saturated carbocycles. The van der Waals surface area contributed by atoms with Crippen LogP contribution in [0.5, 0.6) is 0 Å². The second-order valence-corrected chi connectivity index (χ2v) is 6.20. The predicted molar refractivity (Wildman–Crippen MR) is 97.1 cm³/mol. The number of benzene rings is 1. The molecule has 1 aliphatic heterocycles. The molecule has 0 radical (unpaired) electrons. The zero-order valence-electron chi connectivity index (χ0n) is 13.8. The Morgan fingerprint density at radius 2 is 1.92 bits per heavy atom. The Morgan fingerprint density at radius 1 is 1.04 bits per heavy atom. The van der Waals surface area contributed by atoms with Crippen LogP contribution in [0.3, 0.4) is 0 Å². The lowest BCUT2D eigenvalue weighted by molar-refractivity contribution is 0.439. The molecule has 0 amide bonds. The van der Waals surface area contributed by atoms with Gasteiger partial charge in [-0.1, -0.05) is 12.1 Å². The van der Waals surface area contributed by atoms with Crippen molar-refractivity contribution < 1.29 is 0 Å². The minimum Gasteiger partial charge on any atom is -0.341 e. The molecule has 1 N–H and O–H groups in total. The van der Waals surface area contributed by atoms with Crippen LogP contribution in [0.4, 0.5) is 5.95 Å². The van der Waals surface area contributed by atoms with Gasteiger partial charge in [0.05, 0.1) is 11.2 Å². The van der Waals surface area contributed by atoms with Crippen molar-refractivity contribution in [3.63, 3.8) is 0 Å². The molecule has 1 aliphatic rings. The molecular weight excluding hydrogens is 298 g/mol. The van der Waals surface area contributed by atoms with Gasteiger partial charge in [0.25, 0.3) is 0 Å². The average Bonchev–Trinajstić information content (AvgIpc) is 2.68. The second kappa shape index (κ2) is 6.53. The van der Waals surface area contributed by atoms with Crippen molar-refractivity contribution in [1.82, 2.24) is 20.3 Å². The molecule has 0 bridgehead atoms. The molecule has 0 spiro atoms. The van der Waals surface area contributed by atoms with Gasteiger partial charge in [0.2, 0.25) is 5.95 Å². The van der Waals surface area contributed by atoms with Gasteiger partial charge in [0, 0.05) is 42.5 Å². The molecule has 0 aliphatic carbocycles. The van der Waals surface area contributed by atoms with E-state index in [0.717, 1.165) is 54.0 Å². The smallest absolute Gasteiger partial charge is 0.225 e. The fourth-order valence-corrected chi connectivity index (χ4v) is 3.26. The highest BCUT2D eigenvalue weighted by atomic mass is 15.3. The molecule has 4 rings (SSSR count). The van der Waals surface area contributed by atoms with Gasteiger partial charge in [0.1, 0.15) is 0 Å². The molecule has 1 saturated heterocycles. The molecule has 0 atom stereocenters. The van der Waals surface area contributed by atoms with Gasteiger partial charge in [-0.05, 0) is 44.2 Å². The number of pyridine rings is 1. The third-order valence-corrected chi connectivity index (χ3v) is 4.73. The van der Waals surface area contributed by atoms with Crippen LogP contribution in [0.2, 0.25) is 0 Å². The second-order valence-electron chi connectivity index (χ2n) is 6.20. The monoisotopic (exact) mass is 319 g/mol. The number of hydrogen-bond acceptors (Lipinski definition) is 5. The summed E-state index contributed by atoms with van der Waals surface area (Å²) >= 11 is 0. The van der Waals surface area contributed by atoms with Gasteiger partial charge in [-0.3, -0.25) is 4.98 Å². The Bertz CT molecular complexity index is 840. The van der Waals surface area contributed by atoms with Crippen LogP contribution >= 0.6 is 0 Å². The number of piperidine rings is 1. The molecule has 122 valence electrons. The summed E-state index contributed by atoms with van der Waals surface area (Å²) in [6, 6.07) is 12.9. The number of nitrogens with zero attached hydrogens (tertiary/aromatic N) is 4. The van der Waals surface area contributed by atoms with Crippen LogP contribution in [-0.4, -0.2) is 41.1 Å². The third kappa shape index (κ3) is 2.95. The highest BCUT2D eigenvalue weighted by molar-refractivity contribution is 5.83. The van der Waals surface area contributed by atoms with Gasteiger partial charge in [0.15, 0.2) is 0 Å². The van der Waals surface area contributed by atoms with E-state index in [1.54, 1.807) is 0 Å². The van der Waals surface area contributed by atoms with Crippen molar-refractivity contribution in [2.75, 3.05) is 25.0 Å². The summed E-state index contributed by atoms with van der Waals surface area (Å²) in [5, 5.41) is 4.49. The number of rotatable bonds is 3. The number of hydrogen-bond donors (Lipinski definition) is 1.